The first kappa shape index (κ1) is 15.7. The van der Waals surface area contributed by atoms with Gasteiger partial charge in [0.25, 0.3) is 0 Å². The second-order valence-electron chi connectivity index (χ2n) is 4.62. The Morgan fingerprint density at radius 2 is 2.05 bits per heavy atom. The second-order valence-corrected chi connectivity index (χ2v) is 5.53. The molecule has 0 amide bonds. The lowest BCUT2D eigenvalue weighted by Gasteiger charge is -2.16. The van der Waals surface area contributed by atoms with Crippen molar-refractivity contribution in [3.63, 3.8) is 0 Å². The number of esters is 1. The largest absolute Gasteiger partial charge is 0.465 e. The lowest BCUT2D eigenvalue weighted by molar-refractivity contribution is -0.144. The van der Waals surface area contributed by atoms with E-state index in [1.807, 2.05) is 28.8 Å². The predicted molar refractivity (Wildman–Crippen MR) is 82.9 cm³/mol. The molecule has 6 heteroatoms. The van der Waals surface area contributed by atoms with Crippen molar-refractivity contribution in [1.82, 2.24) is 14.8 Å². The summed E-state index contributed by atoms with van der Waals surface area (Å²) in [7, 11) is 0. The molecule has 0 aliphatic carbocycles. The summed E-state index contributed by atoms with van der Waals surface area (Å²) in [6, 6.07) is 7.61. The Kier molecular flexibility index (Phi) is 5.50. The maximum Gasteiger partial charge on any atom is 0.321 e. The fraction of sp³-hybridized carbons (Fsp3) is 0.400. The van der Waals surface area contributed by atoms with Crippen molar-refractivity contribution >= 4 is 21.9 Å². The summed E-state index contributed by atoms with van der Waals surface area (Å²) in [6.07, 6.45) is 2.60. The fourth-order valence-corrected chi connectivity index (χ4v) is 2.44. The number of hydrogen-bond acceptors (Lipinski definition) is 4. The molecule has 21 heavy (non-hydrogen) atoms. The van der Waals surface area contributed by atoms with Gasteiger partial charge < -0.3 is 9.30 Å². The Morgan fingerprint density at radius 3 is 2.67 bits per heavy atom. The highest BCUT2D eigenvalue weighted by molar-refractivity contribution is 9.10. The molecule has 1 unspecified atom stereocenters. The third-order valence-electron chi connectivity index (χ3n) is 3.09. The number of aromatic nitrogens is 3. The van der Waals surface area contributed by atoms with Crippen LogP contribution in [0.3, 0.4) is 0 Å². The SMILES string of the molecule is CCCn1cnnc1C(C(=O)OCC)c1ccc(Br)cc1. The first-order valence-electron chi connectivity index (χ1n) is 6.97. The molecule has 0 fully saturated rings. The number of aryl methyl sites for hydroxylation is 1. The number of hydrogen-bond donors (Lipinski definition) is 0. The van der Waals surface area contributed by atoms with E-state index in [1.54, 1.807) is 13.3 Å². The highest BCUT2D eigenvalue weighted by Gasteiger charge is 2.28. The van der Waals surface area contributed by atoms with Crippen molar-refractivity contribution in [2.45, 2.75) is 32.7 Å². The van der Waals surface area contributed by atoms with Gasteiger partial charge >= 0.3 is 5.97 Å². The van der Waals surface area contributed by atoms with Gasteiger partial charge in [0.2, 0.25) is 0 Å². The number of rotatable bonds is 6. The van der Waals surface area contributed by atoms with Gasteiger partial charge in [-0.15, -0.1) is 10.2 Å². The summed E-state index contributed by atoms with van der Waals surface area (Å²) in [4.78, 5) is 12.4. The van der Waals surface area contributed by atoms with Gasteiger partial charge in [0, 0.05) is 11.0 Å². The van der Waals surface area contributed by atoms with Crippen molar-refractivity contribution in [3.05, 3.63) is 46.5 Å². The molecule has 5 nitrogen and oxygen atoms in total. The van der Waals surface area contributed by atoms with Gasteiger partial charge in [0.15, 0.2) is 5.82 Å². The van der Waals surface area contributed by atoms with Crippen LogP contribution in [0.5, 0.6) is 0 Å². The van der Waals surface area contributed by atoms with Crippen LogP contribution in [-0.2, 0) is 16.1 Å². The van der Waals surface area contributed by atoms with E-state index in [4.69, 9.17) is 4.74 Å². The number of benzene rings is 1. The van der Waals surface area contributed by atoms with Gasteiger partial charge in [-0.25, -0.2) is 0 Å². The van der Waals surface area contributed by atoms with E-state index in [1.165, 1.54) is 0 Å². The second kappa shape index (κ2) is 7.36. The van der Waals surface area contributed by atoms with Crippen LogP contribution in [0, 0.1) is 0 Å². The molecular weight excluding hydrogens is 334 g/mol. The minimum absolute atomic E-state index is 0.301. The third kappa shape index (κ3) is 3.69. The Bertz CT molecular complexity index is 595. The molecule has 112 valence electrons. The molecule has 0 aliphatic rings. The minimum Gasteiger partial charge on any atom is -0.465 e. The van der Waals surface area contributed by atoms with Crippen molar-refractivity contribution in [3.8, 4) is 0 Å². The Hall–Kier alpha value is -1.69. The first-order chi connectivity index (χ1) is 10.2. The van der Waals surface area contributed by atoms with Crippen LogP contribution in [0.25, 0.3) is 0 Å². The van der Waals surface area contributed by atoms with E-state index >= 15 is 0 Å². The molecule has 2 rings (SSSR count). The van der Waals surface area contributed by atoms with Crippen LogP contribution in [0.15, 0.2) is 35.1 Å². The van der Waals surface area contributed by atoms with E-state index in [2.05, 4.69) is 33.1 Å². The number of ether oxygens (including phenoxy) is 1. The number of carbonyl (C=O) groups is 1. The molecular formula is C15H18BrN3O2. The molecule has 0 spiro atoms. The maximum absolute atomic E-state index is 12.4. The van der Waals surface area contributed by atoms with Gasteiger partial charge in [-0.1, -0.05) is 35.0 Å². The predicted octanol–water partition coefficient (Wildman–Crippen LogP) is 3.15. The molecule has 2 aromatic rings. The van der Waals surface area contributed by atoms with Crippen LogP contribution in [0.2, 0.25) is 0 Å². The van der Waals surface area contributed by atoms with E-state index in [9.17, 15) is 4.79 Å². The summed E-state index contributed by atoms with van der Waals surface area (Å²) in [6.45, 7) is 4.98. The average molecular weight is 352 g/mol. The standard InChI is InChI=1S/C15H18BrN3O2/c1-3-9-19-10-17-18-14(19)13(15(20)21-4-2)11-5-7-12(16)8-6-11/h5-8,10,13H,3-4,9H2,1-2H3. The van der Waals surface area contributed by atoms with E-state index in [-0.39, 0.29) is 5.97 Å². The zero-order valence-corrected chi connectivity index (χ0v) is 13.7. The minimum atomic E-state index is -0.549. The van der Waals surface area contributed by atoms with Crippen LogP contribution in [-0.4, -0.2) is 27.3 Å². The zero-order chi connectivity index (χ0) is 15.2. The molecule has 1 aromatic heterocycles. The highest BCUT2D eigenvalue weighted by atomic mass is 79.9. The molecule has 0 saturated carbocycles. The van der Waals surface area contributed by atoms with Crippen molar-refractivity contribution in [1.29, 1.82) is 0 Å². The van der Waals surface area contributed by atoms with Crippen molar-refractivity contribution in [2.24, 2.45) is 0 Å². The summed E-state index contributed by atoms with van der Waals surface area (Å²) in [5.41, 5.74) is 0.849. The monoisotopic (exact) mass is 351 g/mol. The fourth-order valence-electron chi connectivity index (χ4n) is 2.17. The first-order valence-corrected chi connectivity index (χ1v) is 7.76. The smallest absolute Gasteiger partial charge is 0.321 e. The molecule has 0 aliphatic heterocycles. The molecule has 1 aromatic carbocycles. The van der Waals surface area contributed by atoms with Crippen LogP contribution in [0.4, 0.5) is 0 Å². The third-order valence-corrected chi connectivity index (χ3v) is 3.62. The molecule has 0 saturated heterocycles. The topological polar surface area (TPSA) is 57.0 Å². The molecule has 0 radical (unpaired) electrons. The molecule has 0 N–H and O–H groups in total. The Morgan fingerprint density at radius 1 is 1.33 bits per heavy atom. The Balaban J connectivity index is 2.42. The van der Waals surface area contributed by atoms with E-state index in [0.717, 1.165) is 23.0 Å². The normalized spacial score (nSPS) is 12.1. The van der Waals surface area contributed by atoms with Gasteiger partial charge in [0.1, 0.15) is 12.2 Å². The number of halogens is 1. The van der Waals surface area contributed by atoms with E-state index in [0.29, 0.717) is 12.4 Å². The lowest BCUT2D eigenvalue weighted by Crippen LogP contribution is -2.21. The number of nitrogens with zero attached hydrogens (tertiary/aromatic N) is 3. The van der Waals surface area contributed by atoms with Gasteiger partial charge in [-0.3, -0.25) is 4.79 Å². The molecule has 0 bridgehead atoms. The summed E-state index contributed by atoms with van der Waals surface area (Å²) in [5.74, 6) is -0.227. The lowest BCUT2D eigenvalue weighted by atomic mass is 9.98. The van der Waals surface area contributed by atoms with Gasteiger partial charge in [-0.05, 0) is 31.0 Å². The quantitative estimate of drug-likeness (QED) is 0.750. The number of carbonyl (C=O) groups excluding carboxylic acids is 1. The van der Waals surface area contributed by atoms with Crippen LogP contribution >= 0.6 is 15.9 Å². The molecule has 1 atom stereocenters. The summed E-state index contributed by atoms with van der Waals surface area (Å²) in [5, 5.41) is 8.08. The van der Waals surface area contributed by atoms with E-state index < -0.39 is 5.92 Å². The van der Waals surface area contributed by atoms with Crippen molar-refractivity contribution < 1.29 is 9.53 Å². The van der Waals surface area contributed by atoms with Crippen molar-refractivity contribution in [2.75, 3.05) is 6.61 Å². The average Bonchev–Trinajstić information content (AvgIpc) is 2.90. The van der Waals surface area contributed by atoms with Crippen LogP contribution in [0.1, 0.15) is 37.6 Å². The summed E-state index contributed by atoms with van der Waals surface area (Å²) >= 11 is 3.40. The maximum atomic E-state index is 12.4. The molecule has 1 heterocycles. The van der Waals surface area contributed by atoms with Gasteiger partial charge in [0.05, 0.1) is 6.61 Å². The van der Waals surface area contributed by atoms with Crippen LogP contribution < -0.4 is 0 Å². The zero-order valence-electron chi connectivity index (χ0n) is 12.1. The summed E-state index contributed by atoms with van der Waals surface area (Å²) < 4.78 is 8.08. The van der Waals surface area contributed by atoms with Gasteiger partial charge in [-0.2, -0.15) is 0 Å². The highest BCUT2D eigenvalue weighted by Crippen LogP contribution is 2.26. The Labute approximate surface area is 132 Å².